The summed E-state index contributed by atoms with van der Waals surface area (Å²) in [4.78, 5) is 14.4. The first-order chi connectivity index (χ1) is 11.8. The van der Waals surface area contributed by atoms with E-state index in [0.717, 1.165) is 12.3 Å². The van der Waals surface area contributed by atoms with Gasteiger partial charge in [0.05, 0.1) is 30.3 Å². The Morgan fingerprint density at radius 1 is 1.36 bits per heavy atom. The molecule has 0 aliphatic carbocycles. The molecule has 1 aromatic heterocycles. The van der Waals surface area contributed by atoms with Crippen LogP contribution in [0.25, 0.3) is 0 Å². The molecule has 0 aliphatic heterocycles. The second kappa shape index (κ2) is 7.21. The number of nitrogens with zero attached hydrogens (tertiary/aromatic N) is 2. The van der Waals surface area contributed by atoms with Crippen molar-refractivity contribution >= 4 is 12.1 Å². The second-order valence-electron chi connectivity index (χ2n) is 5.21. The first-order valence-electron chi connectivity index (χ1n) is 7.17. The largest absolute Gasteiger partial charge is 0.496 e. The summed E-state index contributed by atoms with van der Waals surface area (Å²) in [5.41, 5.74) is -0.352. The van der Waals surface area contributed by atoms with Gasteiger partial charge < -0.3 is 10.1 Å². The van der Waals surface area contributed by atoms with Gasteiger partial charge in [0.1, 0.15) is 11.6 Å². The average Bonchev–Trinajstić information content (AvgIpc) is 2.60. The lowest BCUT2D eigenvalue weighted by atomic mass is 10.0. The number of alkyl halides is 3. The van der Waals surface area contributed by atoms with Gasteiger partial charge in [-0.15, -0.1) is 0 Å². The molecule has 1 atom stereocenters. The van der Waals surface area contributed by atoms with Gasteiger partial charge in [-0.1, -0.05) is 0 Å². The number of aromatic nitrogens is 1. The van der Waals surface area contributed by atoms with Crippen LogP contribution in [0.2, 0.25) is 0 Å². The lowest BCUT2D eigenvalue weighted by Gasteiger charge is -2.20. The topological polar surface area (TPSA) is 75.0 Å². The van der Waals surface area contributed by atoms with E-state index < -0.39 is 23.6 Å². The summed E-state index contributed by atoms with van der Waals surface area (Å²) in [5.74, 6) is 0.0204. The normalized spacial score (nSPS) is 12.2. The Morgan fingerprint density at radius 2 is 2.08 bits per heavy atom. The first-order valence-corrected chi connectivity index (χ1v) is 7.17. The molecular weight excluding hydrogens is 335 g/mol. The zero-order chi connectivity index (χ0) is 18.6. The number of carbonyl (C=O) groups is 1. The minimum atomic E-state index is -4.67. The molecule has 0 radical (unpaired) electrons. The van der Waals surface area contributed by atoms with Crippen molar-refractivity contribution in [1.29, 1.82) is 5.26 Å². The number of benzene rings is 1. The maximum atomic E-state index is 13.2. The van der Waals surface area contributed by atoms with Crippen molar-refractivity contribution in [2.24, 2.45) is 0 Å². The molecule has 0 aliphatic rings. The summed E-state index contributed by atoms with van der Waals surface area (Å²) in [6.45, 7) is 1.62. The van der Waals surface area contributed by atoms with Crippen molar-refractivity contribution in [3.05, 3.63) is 52.7 Å². The van der Waals surface area contributed by atoms with Crippen LogP contribution < -0.4 is 10.1 Å². The van der Waals surface area contributed by atoms with E-state index in [1.807, 2.05) is 6.07 Å². The minimum Gasteiger partial charge on any atom is -0.496 e. The molecule has 1 aromatic carbocycles. The molecule has 0 bridgehead atoms. The lowest BCUT2D eigenvalue weighted by Crippen LogP contribution is -2.16. The molecule has 0 saturated carbocycles. The number of nitriles is 1. The van der Waals surface area contributed by atoms with Gasteiger partial charge in [-0.05, 0) is 31.2 Å². The van der Waals surface area contributed by atoms with Gasteiger partial charge in [-0.25, -0.2) is 4.98 Å². The number of rotatable bonds is 5. The Balaban J connectivity index is 2.43. The Morgan fingerprint density at radius 3 is 2.64 bits per heavy atom. The standard InChI is InChI=1S/C17H14F3N3O2/c1-10(13-5-11(7-21)3-4-15(13)25-2)23-16-14(17(18,19)20)6-12(9-24)8-22-16/h3-6,8-10H,1-2H3,(H,22,23)/t10-/m0/s1. The van der Waals surface area contributed by atoms with Gasteiger partial charge in [0, 0.05) is 17.3 Å². The molecule has 0 spiro atoms. The number of hydrogen-bond donors (Lipinski definition) is 1. The molecule has 0 amide bonds. The third-order valence-electron chi connectivity index (χ3n) is 3.53. The van der Waals surface area contributed by atoms with E-state index in [0.29, 0.717) is 23.2 Å². The predicted octanol–water partition coefficient (Wildman–Crippen LogP) is 3.97. The molecular formula is C17H14F3N3O2. The number of methoxy groups -OCH3 is 1. The lowest BCUT2D eigenvalue weighted by molar-refractivity contribution is -0.137. The van der Waals surface area contributed by atoms with Crippen molar-refractivity contribution in [2.75, 3.05) is 12.4 Å². The van der Waals surface area contributed by atoms with Crippen LogP contribution in [0.4, 0.5) is 19.0 Å². The SMILES string of the molecule is COc1ccc(C#N)cc1[C@H](C)Nc1ncc(C=O)cc1C(F)(F)F. The third-order valence-corrected chi connectivity index (χ3v) is 3.53. The number of nitrogens with one attached hydrogen (secondary N) is 1. The molecule has 1 N–H and O–H groups in total. The van der Waals surface area contributed by atoms with Crippen LogP contribution >= 0.6 is 0 Å². The highest BCUT2D eigenvalue weighted by Crippen LogP contribution is 2.36. The molecule has 1 heterocycles. The molecule has 130 valence electrons. The maximum Gasteiger partial charge on any atom is 0.419 e. The number of pyridine rings is 1. The van der Waals surface area contributed by atoms with Crippen LogP contribution in [0.1, 0.15) is 40.0 Å². The molecule has 2 aromatic rings. The number of halogens is 3. The van der Waals surface area contributed by atoms with E-state index in [1.54, 1.807) is 19.1 Å². The van der Waals surface area contributed by atoms with Crippen molar-refractivity contribution in [3.8, 4) is 11.8 Å². The Hall–Kier alpha value is -3.08. The van der Waals surface area contributed by atoms with Gasteiger partial charge in [0.25, 0.3) is 0 Å². The third kappa shape index (κ3) is 4.07. The highest BCUT2D eigenvalue weighted by atomic mass is 19.4. The highest BCUT2D eigenvalue weighted by molar-refractivity contribution is 5.75. The highest BCUT2D eigenvalue weighted by Gasteiger charge is 2.35. The zero-order valence-corrected chi connectivity index (χ0v) is 13.4. The maximum absolute atomic E-state index is 13.2. The number of anilines is 1. The Bertz CT molecular complexity index is 829. The minimum absolute atomic E-state index is 0.172. The van der Waals surface area contributed by atoms with Gasteiger partial charge in [-0.2, -0.15) is 18.4 Å². The molecule has 25 heavy (non-hydrogen) atoms. The van der Waals surface area contributed by atoms with Gasteiger partial charge in [0.2, 0.25) is 0 Å². The Labute approximate surface area is 142 Å². The summed E-state index contributed by atoms with van der Waals surface area (Å²) < 4.78 is 44.9. The summed E-state index contributed by atoms with van der Waals surface area (Å²) in [5, 5.41) is 11.7. The summed E-state index contributed by atoms with van der Waals surface area (Å²) in [6.07, 6.45) is -3.32. The van der Waals surface area contributed by atoms with Gasteiger partial charge in [-0.3, -0.25) is 4.79 Å². The molecule has 5 nitrogen and oxygen atoms in total. The number of hydrogen-bond acceptors (Lipinski definition) is 5. The van der Waals surface area contributed by atoms with Gasteiger partial charge >= 0.3 is 6.18 Å². The van der Waals surface area contributed by atoms with Crippen LogP contribution in [0.5, 0.6) is 5.75 Å². The summed E-state index contributed by atoms with van der Waals surface area (Å²) in [6, 6.07) is 6.73. The van der Waals surface area contributed by atoms with Crippen molar-refractivity contribution in [1.82, 2.24) is 4.98 Å². The number of ether oxygens (including phenoxy) is 1. The fraction of sp³-hybridized carbons (Fsp3) is 0.235. The molecule has 0 saturated heterocycles. The molecule has 2 rings (SSSR count). The number of aldehydes is 1. The van der Waals surface area contributed by atoms with Crippen molar-refractivity contribution in [3.63, 3.8) is 0 Å². The molecule has 0 fully saturated rings. The fourth-order valence-corrected chi connectivity index (χ4v) is 2.30. The van der Waals surface area contributed by atoms with E-state index in [1.165, 1.54) is 13.2 Å². The van der Waals surface area contributed by atoms with E-state index >= 15 is 0 Å². The quantitative estimate of drug-likeness (QED) is 0.827. The summed E-state index contributed by atoms with van der Waals surface area (Å²) >= 11 is 0. The van der Waals surface area contributed by atoms with Crippen LogP contribution in [0, 0.1) is 11.3 Å². The predicted molar refractivity (Wildman–Crippen MR) is 84.4 cm³/mol. The zero-order valence-electron chi connectivity index (χ0n) is 13.4. The fourth-order valence-electron chi connectivity index (χ4n) is 2.30. The molecule has 8 heteroatoms. The van der Waals surface area contributed by atoms with Crippen LogP contribution in [-0.4, -0.2) is 18.4 Å². The van der Waals surface area contributed by atoms with E-state index in [9.17, 15) is 18.0 Å². The van der Waals surface area contributed by atoms with Crippen LogP contribution in [0.3, 0.4) is 0 Å². The van der Waals surface area contributed by atoms with E-state index in [4.69, 9.17) is 10.00 Å². The summed E-state index contributed by atoms with van der Waals surface area (Å²) in [7, 11) is 1.43. The van der Waals surface area contributed by atoms with Crippen molar-refractivity contribution < 1.29 is 22.7 Å². The number of carbonyl (C=O) groups excluding carboxylic acids is 1. The van der Waals surface area contributed by atoms with Crippen LogP contribution in [-0.2, 0) is 6.18 Å². The Kier molecular flexibility index (Phi) is 5.27. The van der Waals surface area contributed by atoms with Gasteiger partial charge in [0.15, 0.2) is 6.29 Å². The van der Waals surface area contributed by atoms with Crippen molar-refractivity contribution in [2.45, 2.75) is 19.1 Å². The monoisotopic (exact) mass is 349 g/mol. The van der Waals surface area contributed by atoms with Crippen LogP contribution in [0.15, 0.2) is 30.5 Å². The second-order valence-corrected chi connectivity index (χ2v) is 5.21. The first kappa shape index (κ1) is 18.3. The van der Waals surface area contributed by atoms with E-state index in [2.05, 4.69) is 10.3 Å². The molecule has 0 unspecified atom stereocenters. The van der Waals surface area contributed by atoms with E-state index in [-0.39, 0.29) is 5.56 Å². The average molecular weight is 349 g/mol. The smallest absolute Gasteiger partial charge is 0.419 e.